The number of rotatable bonds is 7. The van der Waals surface area contributed by atoms with Gasteiger partial charge in [-0.3, -0.25) is 9.59 Å². The molecule has 2 aromatic rings. The Balaban J connectivity index is 1.66. The maximum atomic E-state index is 13.2. The Hall–Kier alpha value is -2.40. The minimum atomic E-state index is 0.0160. The van der Waals surface area contributed by atoms with Gasteiger partial charge in [0.05, 0.1) is 0 Å². The van der Waals surface area contributed by atoms with E-state index in [2.05, 4.69) is 18.7 Å². The summed E-state index contributed by atoms with van der Waals surface area (Å²) in [4.78, 5) is 32.0. The summed E-state index contributed by atoms with van der Waals surface area (Å²) in [6.07, 6.45) is 1.27. The van der Waals surface area contributed by atoms with Crippen molar-refractivity contribution in [1.82, 2.24) is 14.7 Å². The maximum absolute atomic E-state index is 13.2. The van der Waals surface area contributed by atoms with E-state index in [1.54, 1.807) is 0 Å². The molecule has 2 amide bonds. The summed E-state index contributed by atoms with van der Waals surface area (Å²) in [5.41, 5.74) is 0.718. The number of fused-ring (bicyclic) bond motifs is 1. The lowest BCUT2D eigenvalue weighted by Gasteiger charge is -2.34. The average molecular weight is 382 g/mol. The monoisotopic (exact) mass is 381 g/mol. The van der Waals surface area contributed by atoms with Gasteiger partial charge in [-0.1, -0.05) is 50.2 Å². The third-order valence-electron chi connectivity index (χ3n) is 5.57. The van der Waals surface area contributed by atoms with E-state index in [1.165, 1.54) is 0 Å². The molecule has 5 nitrogen and oxygen atoms in total. The third-order valence-corrected chi connectivity index (χ3v) is 5.57. The van der Waals surface area contributed by atoms with Crippen LogP contribution in [0.25, 0.3) is 10.8 Å². The predicted molar refractivity (Wildman–Crippen MR) is 113 cm³/mol. The van der Waals surface area contributed by atoms with Crippen molar-refractivity contribution >= 4 is 22.6 Å². The summed E-state index contributed by atoms with van der Waals surface area (Å²) in [6, 6.07) is 13.8. The first-order chi connectivity index (χ1) is 13.6. The molecular weight excluding hydrogens is 350 g/mol. The van der Waals surface area contributed by atoms with Gasteiger partial charge in [-0.25, -0.2) is 0 Å². The van der Waals surface area contributed by atoms with E-state index in [0.29, 0.717) is 19.5 Å². The molecule has 2 aromatic carbocycles. The van der Waals surface area contributed by atoms with Crippen molar-refractivity contribution in [3.63, 3.8) is 0 Å². The molecule has 1 aliphatic rings. The number of hydrogen-bond acceptors (Lipinski definition) is 3. The Morgan fingerprint density at radius 1 is 0.929 bits per heavy atom. The van der Waals surface area contributed by atoms with E-state index in [0.717, 1.165) is 55.5 Å². The molecule has 0 aromatic heterocycles. The van der Waals surface area contributed by atoms with Gasteiger partial charge >= 0.3 is 0 Å². The highest BCUT2D eigenvalue weighted by Gasteiger charge is 2.22. The van der Waals surface area contributed by atoms with Crippen molar-refractivity contribution in [3.05, 3.63) is 48.0 Å². The van der Waals surface area contributed by atoms with E-state index < -0.39 is 0 Å². The van der Waals surface area contributed by atoms with Crippen LogP contribution in [-0.2, 0) is 4.79 Å². The molecule has 1 heterocycles. The van der Waals surface area contributed by atoms with E-state index in [9.17, 15) is 9.59 Å². The second-order valence-electron chi connectivity index (χ2n) is 7.38. The third kappa shape index (κ3) is 4.71. The van der Waals surface area contributed by atoms with Crippen LogP contribution in [0.15, 0.2) is 42.5 Å². The van der Waals surface area contributed by atoms with Crippen LogP contribution in [0.1, 0.15) is 37.0 Å². The van der Waals surface area contributed by atoms with Crippen LogP contribution in [0.3, 0.4) is 0 Å². The molecule has 0 radical (unpaired) electrons. The first-order valence-corrected chi connectivity index (χ1v) is 10.4. The predicted octanol–water partition coefficient (Wildman–Crippen LogP) is 3.25. The highest BCUT2D eigenvalue weighted by molar-refractivity contribution is 6.07. The van der Waals surface area contributed by atoms with Crippen LogP contribution >= 0.6 is 0 Å². The van der Waals surface area contributed by atoms with Crippen LogP contribution < -0.4 is 0 Å². The van der Waals surface area contributed by atoms with Gasteiger partial charge in [-0.15, -0.1) is 0 Å². The first-order valence-electron chi connectivity index (χ1n) is 10.4. The summed E-state index contributed by atoms with van der Waals surface area (Å²) >= 11 is 0. The summed E-state index contributed by atoms with van der Waals surface area (Å²) in [5.74, 6) is 0.171. The Bertz CT molecular complexity index is 807. The second-order valence-corrected chi connectivity index (χ2v) is 7.38. The molecule has 3 rings (SSSR count). The maximum Gasteiger partial charge on any atom is 0.254 e. The smallest absolute Gasteiger partial charge is 0.254 e. The van der Waals surface area contributed by atoms with Crippen molar-refractivity contribution in [1.29, 1.82) is 0 Å². The molecule has 0 saturated carbocycles. The van der Waals surface area contributed by atoms with Crippen LogP contribution in [0.2, 0.25) is 0 Å². The van der Waals surface area contributed by atoms with Crippen molar-refractivity contribution < 1.29 is 9.59 Å². The van der Waals surface area contributed by atoms with Crippen molar-refractivity contribution in [2.75, 3.05) is 45.8 Å². The number of carbonyl (C=O) groups excluding carboxylic acids is 2. The van der Waals surface area contributed by atoms with E-state index in [-0.39, 0.29) is 11.8 Å². The lowest BCUT2D eigenvalue weighted by atomic mass is 10.0. The fourth-order valence-corrected chi connectivity index (χ4v) is 3.87. The molecule has 5 heteroatoms. The van der Waals surface area contributed by atoms with E-state index >= 15 is 0 Å². The summed E-state index contributed by atoms with van der Waals surface area (Å²) in [6.45, 7) is 9.85. The van der Waals surface area contributed by atoms with Gasteiger partial charge in [-0.2, -0.15) is 0 Å². The molecule has 0 atom stereocenters. The lowest BCUT2D eigenvalue weighted by Crippen LogP contribution is -2.49. The van der Waals surface area contributed by atoms with Crippen LogP contribution in [0.4, 0.5) is 0 Å². The lowest BCUT2D eigenvalue weighted by molar-refractivity contribution is -0.133. The molecule has 0 spiro atoms. The minimum absolute atomic E-state index is 0.0160. The summed E-state index contributed by atoms with van der Waals surface area (Å²) in [7, 11) is 0. The number of amides is 2. The summed E-state index contributed by atoms with van der Waals surface area (Å²) in [5, 5.41) is 2.03. The molecule has 0 N–H and O–H groups in total. The molecule has 28 heavy (non-hydrogen) atoms. The fraction of sp³-hybridized carbons (Fsp3) is 0.478. The van der Waals surface area contributed by atoms with Gasteiger partial charge in [0, 0.05) is 51.3 Å². The molecule has 0 aliphatic carbocycles. The Morgan fingerprint density at radius 3 is 2.36 bits per heavy atom. The number of hydrogen-bond donors (Lipinski definition) is 0. The molecule has 150 valence electrons. The average Bonchev–Trinajstić information content (AvgIpc) is 2.75. The van der Waals surface area contributed by atoms with Crippen LogP contribution in [0.5, 0.6) is 0 Å². The van der Waals surface area contributed by atoms with Crippen LogP contribution in [0, 0.1) is 0 Å². The number of nitrogens with zero attached hydrogens (tertiary/aromatic N) is 3. The van der Waals surface area contributed by atoms with Gasteiger partial charge in [0.2, 0.25) is 5.91 Å². The van der Waals surface area contributed by atoms with Gasteiger partial charge in [0.25, 0.3) is 5.91 Å². The van der Waals surface area contributed by atoms with Gasteiger partial charge in [0.15, 0.2) is 0 Å². The zero-order valence-corrected chi connectivity index (χ0v) is 17.1. The molecule has 1 aliphatic heterocycles. The quantitative estimate of drug-likeness (QED) is 0.739. The Labute approximate surface area is 167 Å². The van der Waals surface area contributed by atoms with E-state index in [4.69, 9.17) is 0 Å². The Morgan fingerprint density at radius 2 is 1.64 bits per heavy atom. The van der Waals surface area contributed by atoms with Crippen molar-refractivity contribution in [2.45, 2.75) is 26.7 Å². The molecule has 0 unspecified atom stereocenters. The second kappa shape index (κ2) is 9.69. The van der Waals surface area contributed by atoms with Gasteiger partial charge in [0.1, 0.15) is 0 Å². The fourth-order valence-electron chi connectivity index (χ4n) is 3.87. The zero-order valence-electron chi connectivity index (χ0n) is 17.1. The highest BCUT2D eigenvalue weighted by atomic mass is 16.2. The molecule has 1 fully saturated rings. The van der Waals surface area contributed by atoms with Gasteiger partial charge < -0.3 is 14.7 Å². The minimum Gasteiger partial charge on any atom is -0.340 e. The van der Waals surface area contributed by atoms with Gasteiger partial charge in [-0.05, 0) is 29.8 Å². The first kappa shape index (κ1) is 20.3. The number of benzene rings is 2. The van der Waals surface area contributed by atoms with Crippen molar-refractivity contribution in [3.8, 4) is 0 Å². The normalized spacial score (nSPS) is 15.0. The molecule has 1 saturated heterocycles. The number of likely N-dealkylation sites (N-methyl/N-ethyl adjacent to an activating group) is 1. The summed E-state index contributed by atoms with van der Waals surface area (Å²) < 4.78 is 0. The number of carbonyl (C=O) groups is 2. The molecule has 0 bridgehead atoms. The number of piperazine rings is 1. The van der Waals surface area contributed by atoms with Crippen LogP contribution in [-0.4, -0.2) is 72.3 Å². The highest BCUT2D eigenvalue weighted by Crippen LogP contribution is 2.20. The Kier molecular flexibility index (Phi) is 7.04. The zero-order chi connectivity index (χ0) is 19.9. The standard InChI is InChI=1S/C23H31N3O2/c1-3-13-26(14-12-22(27)25-17-15-24(4-2)16-18-25)23(28)21-11-7-9-19-8-5-6-10-20(19)21/h5-11H,3-4,12-18H2,1-2H3. The SMILES string of the molecule is CCCN(CCC(=O)N1CCN(CC)CC1)C(=O)c1cccc2ccccc12. The topological polar surface area (TPSA) is 43.9 Å². The van der Waals surface area contributed by atoms with E-state index in [1.807, 2.05) is 52.3 Å². The largest absolute Gasteiger partial charge is 0.340 e. The van der Waals surface area contributed by atoms with Crippen molar-refractivity contribution in [2.24, 2.45) is 0 Å². The molecular formula is C23H31N3O2.